The molecule has 1 heterocycles. The van der Waals surface area contributed by atoms with Crippen molar-refractivity contribution in [2.24, 2.45) is 0 Å². The summed E-state index contributed by atoms with van der Waals surface area (Å²) < 4.78 is 10.4. The molecule has 0 bridgehead atoms. The van der Waals surface area contributed by atoms with E-state index in [9.17, 15) is 9.59 Å². The number of anilines is 2. The van der Waals surface area contributed by atoms with Crippen LogP contribution < -0.4 is 15.0 Å². The summed E-state index contributed by atoms with van der Waals surface area (Å²) >= 11 is 1.39. The number of benzene rings is 1. The maximum Gasteiger partial charge on any atom is 0.315 e. The minimum absolute atomic E-state index is 0.0933. The molecule has 1 aromatic rings. The van der Waals surface area contributed by atoms with Gasteiger partial charge in [0.1, 0.15) is 5.75 Å². The van der Waals surface area contributed by atoms with Crippen LogP contribution in [0.15, 0.2) is 18.2 Å². The molecular weight excluding hydrogens is 390 g/mol. The van der Waals surface area contributed by atoms with Crippen LogP contribution in [-0.4, -0.2) is 74.7 Å². The zero-order valence-corrected chi connectivity index (χ0v) is 18.6. The highest BCUT2D eigenvalue weighted by atomic mass is 32.2. The fraction of sp³-hybridized carbons (Fsp3) is 0.619. The maximum atomic E-state index is 12.3. The average molecular weight is 424 g/mol. The van der Waals surface area contributed by atoms with E-state index in [-0.39, 0.29) is 17.6 Å². The normalized spacial score (nSPS) is 14.5. The molecule has 0 unspecified atom stereocenters. The van der Waals surface area contributed by atoms with Crippen LogP contribution in [0.4, 0.5) is 11.4 Å². The number of amides is 1. The van der Waals surface area contributed by atoms with Crippen LogP contribution in [-0.2, 0) is 14.3 Å². The highest BCUT2D eigenvalue weighted by Gasteiger charge is 2.18. The SMILES string of the molecule is CCCN1CCN(c2ccc(NC(=O)CCSCC(=O)OC)c(OCC)c2)CC1. The molecule has 1 saturated heterocycles. The lowest BCUT2D eigenvalue weighted by molar-refractivity contribution is -0.137. The van der Waals surface area contributed by atoms with Crippen molar-refractivity contribution in [1.82, 2.24) is 4.90 Å². The van der Waals surface area contributed by atoms with Gasteiger partial charge in [-0.05, 0) is 32.0 Å². The number of thioether (sulfide) groups is 1. The largest absolute Gasteiger partial charge is 0.492 e. The van der Waals surface area contributed by atoms with Crippen molar-refractivity contribution < 1.29 is 19.1 Å². The Morgan fingerprint density at radius 3 is 2.59 bits per heavy atom. The van der Waals surface area contributed by atoms with Gasteiger partial charge in [-0.25, -0.2) is 0 Å². The number of rotatable bonds is 11. The fourth-order valence-electron chi connectivity index (χ4n) is 3.22. The Bertz CT molecular complexity index is 663. The highest BCUT2D eigenvalue weighted by Crippen LogP contribution is 2.31. The van der Waals surface area contributed by atoms with Crippen LogP contribution in [0.5, 0.6) is 5.75 Å². The Morgan fingerprint density at radius 2 is 1.93 bits per heavy atom. The first-order chi connectivity index (χ1) is 14.1. The van der Waals surface area contributed by atoms with Gasteiger partial charge in [0, 0.05) is 50.1 Å². The van der Waals surface area contributed by atoms with E-state index >= 15 is 0 Å². The molecule has 0 spiro atoms. The highest BCUT2D eigenvalue weighted by molar-refractivity contribution is 7.99. The fourth-order valence-corrected chi connectivity index (χ4v) is 3.98. The molecular formula is C21H33N3O4S. The summed E-state index contributed by atoms with van der Waals surface area (Å²) in [4.78, 5) is 28.2. The molecule has 0 aliphatic carbocycles. The van der Waals surface area contributed by atoms with Gasteiger partial charge in [-0.2, -0.15) is 0 Å². The number of nitrogens with zero attached hydrogens (tertiary/aromatic N) is 2. The van der Waals surface area contributed by atoms with E-state index in [2.05, 4.69) is 26.8 Å². The van der Waals surface area contributed by atoms with Crippen LogP contribution in [0.1, 0.15) is 26.7 Å². The molecule has 8 heteroatoms. The molecule has 0 atom stereocenters. The van der Waals surface area contributed by atoms with Gasteiger partial charge in [0.15, 0.2) is 0 Å². The van der Waals surface area contributed by atoms with E-state index < -0.39 is 0 Å². The number of hydrogen-bond acceptors (Lipinski definition) is 7. The van der Waals surface area contributed by atoms with Crippen LogP contribution >= 0.6 is 11.8 Å². The van der Waals surface area contributed by atoms with Gasteiger partial charge in [-0.3, -0.25) is 14.5 Å². The molecule has 7 nitrogen and oxygen atoms in total. The first kappa shape index (κ1) is 23.3. The summed E-state index contributed by atoms with van der Waals surface area (Å²) in [6.07, 6.45) is 1.51. The smallest absolute Gasteiger partial charge is 0.315 e. The number of ether oxygens (including phenoxy) is 2. The zero-order chi connectivity index (χ0) is 21.1. The second kappa shape index (κ2) is 12.6. The molecule has 1 aliphatic heterocycles. The lowest BCUT2D eigenvalue weighted by Gasteiger charge is -2.36. The van der Waals surface area contributed by atoms with Crippen LogP contribution in [0, 0.1) is 0 Å². The third kappa shape index (κ3) is 7.78. The predicted molar refractivity (Wildman–Crippen MR) is 119 cm³/mol. The summed E-state index contributed by atoms with van der Waals surface area (Å²) in [5, 5.41) is 2.93. The maximum absolute atomic E-state index is 12.3. The first-order valence-corrected chi connectivity index (χ1v) is 11.4. The minimum atomic E-state index is -0.278. The van der Waals surface area contributed by atoms with E-state index in [1.807, 2.05) is 25.1 Å². The topological polar surface area (TPSA) is 71.1 Å². The molecule has 1 fully saturated rings. The molecule has 2 rings (SSSR count). The van der Waals surface area contributed by atoms with Crippen molar-refractivity contribution in [3.63, 3.8) is 0 Å². The van der Waals surface area contributed by atoms with E-state index in [1.54, 1.807) is 0 Å². The average Bonchev–Trinajstić information content (AvgIpc) is 2.73. The second-order valence-corrected chi connectivity index (χ2v) is 7.97. The van der Waals surface area contributed by atoms with Crippen molar-refractivity contribution in [3.05, 3.63) is 18.2 Å². The van der Waals surface area contributed by atoms with Gasteiger partial charge < -0.3 is 19.7 Å². The van der Waals surface area contributed by atoms with E-state index in [1.165, 1.54) is 25.3 Å². The first-order valence-electron chi connectivity index (χ1n) is 10.3. The summed E-state index contributed by atoms with van der Waals surface area (Å²) in [6.45, 7) is 9.96. The number of carbonyl (C=O) groups excluding carboxylic acids is 2. The third-order valence-electron chi connectivity index (χ3n) is 4.74. The zero-order valence-electron chi connectivity index (χ0n) is 17.7. The quantitative estimate of drug-likeness (QED) is 0.433. The van der Waals surface area contributed by atoms with Crippen molar-refractivity contribution in [2.45, 2.75) is 26.7 Å². The lowest BCUT2D eigenvalue weighted by atomic mass is 10.2. The Balaban J connectivity index is 1.91. The number of carbonyl (C=O) groups is 2. The predicted octanol–water partition coefficient (Wildman–Crippen LogP) is 2.85. The van der Waals surface area contributed by atoms with E-state index in [0.717, 1.165) is 38.4 Å². The number of hydrogen-bond donors (Lipinski definition) is 1. The van der Waals surface area contributed by atoms with Crippen molar-refractivity contribution in [2.75, 3.05) is 68.2 Å². The molecule has 162 valence electrons. The summed E-state index contributed by atoms with van der Waals surface area (Å²) in [6, 6.07) is 5.97. The van der Waals surface area contributed by atoms with Gasteiger partial charge in [0.25, 0.3) is 0 Å². The summed E-state index contributed by atoms with van der Waals surface area (Å²) in [7, 11) is 1.36. The van der Waals surface area contributed by atoms with Gasteiger partial charge >= 0.3 is 5.97 Å². The molecule has 0 saturated carbocycles. The Hall–Kier alpha value is -1.93. The van der Waals surface area contributed by atoms with Crippen LogP contribution in [0.3, 0.4) is 0 Å². The van der Waals surface area contributed by atoms with Crippen LogP contribution in [0.2, 0.25) is 0 Å². The molecule has 1 amide bonds. The Morgan fingerprint density at radius 1 is 1.17 bits per heavy atom. The van der Waals surface area contributed by atoms with Crippen LogP contribution in [0.25, 0.3) is 0 Å². The third-order valence-corrected chi connectivity index (χ3v) is 5.67. The number of nitrogens with one attached hydrogen (secondary N) is 1. The monoisotopic (exact) mass is 423 g/mol. The number of methoxy groups -OCH3 is 1. The van der Waals surface area contributed by atoms with E-state index in [0.29, 0.717) is 30.2 Å². The van der Waals surface area contributed by atoms with Gasteiger partial charge in [-0.1, -0.05) is 6.92 Å². The van der Waals surface area contributed by atoms with Gasteiger partial charge in [0.05, 0.1) is 25.2 Å². The standard InChI is InChI=1S/C21H33N3O4S/c1-4-9-23-10-12-24(13-11-23)17-6-7-18(19(15-17)28-5-2)22-20(25)8-14-29-16-21(26)27-3/h6-7,15H,4-5,8-14,16H2,1-3H3,(H,22,25). The minimum Gasteiger partial charge on any atom is -0.492 e. The molecule has 0 aromatic heterocycles. The summed E-state index contributed by atoms with van der Waals surface area (Å²) in [5.74, 6) is 1.14. The lowest BCUT2D eigenvalue weighted by Crippen LogP contribution is -2.46. The van der Waals surface area contributed by atoms with Gasteiger partial charge in [-0.15, -0.1) is 11.8 Å². The van der Waals surface area contributed by atoms with Crippen molar-refractivity contribution >= 4 is 35.0 Å². The molecule has 1 N–H and O–H groups in total. The Kier molecular flexibility index (Phi) is 10.1. The van der Waals surface area contributed by atoms with E-state index in [4.69, 9.17) is 4.74 Å². The van der Waals surface area contributed by atoms with Crippen molar-refractivity contribution in [3.8, 4) is 5.75 Å². The number of piperazine rings is 1. The second-order valence-electron chi connectivity index (χ2n) is 6.87. The molecule has 1 aliphatic rings. The summed E-state index contributed by atoms with van der Waals surface area (Å²) in [5.41, 5.74) is 1.81. The Labute approximate surface area is 178 Å². The molecule has 29 heavy (non-hydrogen) atoms. The molecule has 0 radical (unpaired) electrons. The van der Waals surface area contributed by atoms with Crippen molar-refractivity contribution in [1.29, 1.82) is 0 Å². The number of esters is 1. The van der Waals surface area contributed by atoms with Gasteiger partial charge in [0.2, 0.25) is 5.91 Å². The molecule has 1 aromatic carbocycles.